The van der Waals surface area contributed by atoms with Gasteiger partial charge in [0.2, 0.25) is 5.95 Å². The van der Waals surface area contributed by atoms with Gasteiger partial charge < -0.3 is 5.32 Å². The SMILES string of the molecule is CCNc1nccc(-c2cscc2Br)n1. The molecule has 0 amide bonds. The lowest BCUT2D eigenvalue weighted by Crippen LogP contribution is -2.01. The summed E-state index contributed by atoms with van der Waals surface area (Å²) < 4.78 is 1.08. The first-order valence-corrected chi connectivity index (χ1v) is 6.34. The summed E-state index contributed by atoms with van der Waals surface area (Å²) in [6.45, 7) is 2.85. The van der Waals surface area contributed by atoms with Crippen molar-refractivity contribution in [1.82, 2.24) is 9.97 Å². The quantitative estimate of drug-likeness (QED) is 0.938. The Kier molecular flexibility index (Phi) is 3.33. The Labute approximate surface area is 101 Å². The molecule has 0 aromatic carbocycles. The monoisotopic (exact) mass is 283 g/mol. The van der Waals surface area contributed by atoms with Crippen molar-refractivity contribution < 1.29 is 0 Å². The van der Waals surface area contributed by atoms with Gasteiger partial charge in [-0.25, -0.2) is 9.97 Å². The Bertz CT molecular complexity index is 455. The maximum absolute atomic E-state index is 4.42. The Morgan fingerprint density at radius 3 is 3.00 bits per heavy atom. The summed E-state index contributed by atoms with van der Waals surface area (Å²) in [6, 6.07) is 1.91. The van der Waals surface area contributed by atoms with Crippen molar-refractivity contribution in [1.29, 1.82) is 0 Å². The molecule has 78 valence electrons. The number of anilines is 1. The highest BCUT2D eigenvalue weighted by Gasteiger charge is 2.06. The van der Waals surface area contributed by atoms with E-state index in [1.807, 2.05) is 18.4 Å². The van der Waals surface area contributed by atoms with Gasteiger partial charge in [0.1, 0.15) is 0 Å². The first-order valence-electron chi connectivity index (χ1n) is 4.60. The van der Waals surface area contributed by atoms with E-state index in [0.29, 0.717) is 5.95 Å². The molecule has 1 N–H and O–H groups in total. The molecule has 0 saturated heterocycles. The molecule has 0 bridgehead atoms. The smallest absolute Gasteiger partial charge is 0.223 e. The molecule has 0 unspecified atom stereocenters. The maximum Gasteiger partial charge on any atom is 0.223 e. The molecule has 0 atom stereocenters. The molecule has 5 heteroatoms. The van der Waals surface area contributed by atoms with Crippen LogP contribution in [-0.4, -0.2) is 16.5 Å². The number of nitrogens with one attached hydrogen (secondary N) is 1. The van der Waals surface area contributed by atoms with Crippen LogP contribution in [0.15, 0.2) is 27.5 Å². The van der Waals surface area contributed by atoms with E-state index >= 15 is 0 Å². The third-order valence-corrected chi connectivity index (χ3v) is 3.58. The van der Waals surface area contributed by atoms with E-state index in [1.165, 1.54) is 0 Å². The van der Waals surface area contributed by atoms with Gasteiger partial charge >= 0.3 is 0 Å². The molecule has 0 radical (unpaired) electrons. The first kappa shape index (κ1) is 10.6. The second-order valence-corrected chi connectivity index (χ2v) is 4.53. The number of rotatable bonds is 3. The summed E-state index contributed by atoms with van der Waals surface area (Å²) in [6.07, 6.45) is 1.77. The summed E-state index contributed by atoms with van der Waals surface area (Å²) >= 11 is 5.15. The van der Waals surface area contributed by atoms with Crippen LogP contribution < -0.4 is 5.32 Å². The van der Waals surface area contributed by atoms with Gasteiger partial charge in [-0.15, -0.1) is 0 Å². The van der Waals surface area contributed by atoms with Crippen LogP contribution in [-0.2, 0) is 0 Å². The standard InChI is InChI=1S/C10H10BrN3S/c1-2-12-10-13-4-3-9(14-10)7-5-15-6-8(7)11/h3-6H,2H2,1H3,(H,12,13,14). The van der Waals surface area contributed by atoms with E-state index < -0.39 is 0 Å². The Balaban J connectivity index is 2.37. The molecular formula is C10H10BrN3S. The largest absolute Gasteiger partial charge is 0.354 e. The van der Waals surface area contributed by atoms with Gasteiger partial charge in [0.15, 0.2) is 0 Å². The predicted molar refractivity (Wildman–Crippen MR) is 67.2 cm³/mol. The fourth-order valence-corrected chi connectivity index (χ4v) is 2.71. The average molecular weight is 284 g/mol. The summed E-state index contributed by atoms with van der Waals surface area (Å²) in [5, 5.41) is 7.21. The highest BCUT2D eigenvalue weighted by molar-refractivity contribution is 9.10. The summed E-state index contributed by atoms with van der Waals surface area (Å²) in [5.41, 5.74) is 2.05. The lowest BCUT2D eigenvalue weighted by Gasteiger charge is -2.03. The first-order chi connectivity index (χ1) is 7.31. The van der Waals surface area contributed by atoms with Gasteiger partial charge in [-0.1, -0.05) is 0 Å². The second-order valence-electron chi connectivity index (χ2n) is 2.93. The molecule has 0 spiro atoms. The molecule has 0 aliphatic heterocycles. The van der Waals surface area contributed by atoms with Gasteiger partial charge in [0.05, 0.1) is 5.69 Å². The molecule has 0 fully saturated rings. The van der Waals surface area contributed by atoms with E-state index in [9.17, 15) is 0 Å². The topological polar surface area (TPSA) is 37.8 Å². The van der Waals surface area contributed by atoms with Crippen LogP contribution in [0, 0.1) is 0 Å². The Morgan fingerprint density at radius 1 is 1.47 bits per heavy atom. The van der Waals surface area contributed by atoms with Crippen LogP contribution in [0.5, 0.6) is 0 Å². The third-order valence-electron chi connectivity index (χ3n) is 1.88. The fourth-order valence-electron chi connectivity index (χ4n) is 1.22. The maximum atomic E-state index is 4.42. The molecule has 15 heavy (non-hydrogen) atoms. The van der Waals surface area contributed by atoms with Crippen molar-refractivity contribution in [3.05, 3.63) is 27.5 Å². The molecule has 2 rings (SSSR count). The van der Waals surface area contributed by atoms with Crippen molar-refractivity contribution in [2.24, 2.45) is 0 Å². The van der Waals surface area contributed by atoms with Crippen LogP contribution >= 0.6 is 27.3 Å². The van der Waals surface area contributed by atoms with E-state index in [4.69, 9.17) is 0 Å². The highest BCUT2D eigenvalue weighted by atomic mass is 79.9. The van der Waals surface area contributed by atoms with E-state index in [0.717, 1.165) is 22.3 Å². The summed E-state index contributed by atoms with van der Waals surface area (Å²) in [5.74, 6) is 0.674. The van der Waals surface area contributed by atoms with Crippen molar-refractivity contribution in [2.45, 2.75) is 6.92 Å². The third kappa shape index (κ3) is 2.35. The Hall–Kier alpha value is -0.940. The lowest BCUT2D eigenvalue weighted by atomic mass is 10.2. The fraction of sp³-hybridized carbons (Fsp3) is 0.200. The number of halogens is 1. The van der Waals surface area contributed by atoms with Gasteiger partial charge in [-0.05, 0) is 28.9 Å². The van der Waals surface area contributed by atoms with Crippen LogP contribution in [0.25, 0.3) is 11.3 Å². The summed E-state index contributed by atoms with van der Waals surface area (Å²) in [4.78, 5) is 8.55. The van der Waals surface area contributed by atoms with Crippen molar-refractivity contribution in [3.63, 3.8) is 0 Å². The van der Waals surface area contributed by atoms with Crippen LogP contribution in [0.3, 0.4) is 0 Å². The summed E-state index contributed by atoms with van der Waals surface area (Å²) in [7, 11) is 0. The molecule has 0 aliphatic carbocycles. The predicted octanol–water partition coefficient (Wildman–Crippen LogP) is 3.40. The highest BCUT2D eigenvalue weighted by Crippen LogP contribution is 2.30. The van der Waals surface area contributed by atoms with Crippen molar-refractivity contribution >= 4 is 33.2 Å². The lowest BCUT2D eigenvalue weighted by molar-refractivity contribution is 1.09. The molecule has 2 heterocycles. The molecular weight excluding hydrogens is 274 g/mol. The Morgan fingerprint density at radius 2 is 2.33 bits per heavy atom. The number of hydrogen-bond acceptors (Lipinski definition) is 4. The second kappa shape index (κ2) is 4.72. The number of aromatic nitrogens is 2. The van der Waals surface area contributed by atoms with Gasteiger partial charge in [0.25, 0.3) is 0 Å². The number of hydrogen-bond donors (Lipinski definition) is 1. The van der Waals surface area contributed by atoms with Crippen LogP contribution in [0.4, 0.5) is 5.95 Å². The zero-order valence-electron chi connectivity index (χ0n) is 8.20. The van der Waals surface area contributed by atoms with Crippen molar-refractivity contribution in [3.8, 4) is 11.3 Å². The average Bonchev–Trinajstić information content (AvgIpc) is 2.65. The molecule has 3 nitrogen and oxygen atoms in total. The minimum atomic E-state index is 0.674. The zero-order chi connectivity index (χ0) is 10.7. The van der Waals surface area contributed by atoms with E-state index in [1.54, 1.807) is 17.5 Å². The van der Waals surface area contributed by atoms with Crippen molar-refractivity contribution in [2.75, 3.05) is 11.9 Å². The number of thiophene rings is 1. The molecule has 2 aromatic rings. The van der Waals surface area contributed by atoms with Gasteiger partial charge in [0, 0.05) is 33.5 Å². The minimum Gasteiger partial charge on any atom is -0.354 e. The van der Waals surface area contributed by atoms with Crippen LogP contribution in [0.2, 0.25) is 0 Å². The molecule has 0 saturated carbocycles. The van der Waals surface area contributed by atoms with E-state index in [2.05, 4.69) is 36.6 Å². The number of nitrogens with zero attached hydrogens (tertiary/aromatic N) is 2. The normalized spacial score (nSPS) is 10.3. The molecule has 2 aromatic heterocycles. The minimum absolute atomic E-state index is 0.674. The zero-order valence-corrected chi connectivity index (χ0v) is 10.6. The molecule has 0 aliphatic rings. The van der Waals surface area contributed by atoms with Gasteiger partial charge in [-0.3, -0.25) is 0 Å². The van der Waals surface area contributed by atoms with Crippen LogP contribution in [0.1, 0.15) is 6.92 Å². The van der Waals surface area contributed by atoms with Gasteiger partial charge in [-0.2, -0.15) is 11.3 Å². The van der Waals surface area contributed by atoms with E-state index in [-0.39, 0.29) is 0 Å².